The fourth-order valence-corrected chi connectivity index (χ4v) is 2.60. The van der Waals surface area contributed by atoms with E-state index in [1.165, 1.54) is 11.8 Å². The van der Waals surface area contributed by atoms with E-state index in [4.69, 9.17) is 0 Å². The quantitative estimate of drug-likeness (QED) is 0.908. The van der Waals surface area contributed by atoms with E-state index >= 15 is 0 Å². The van der Waals surface area contributed by atoms with Gasteiger partial charge in [0, 0.05) is 22.9 Å². The van der Waals surface area contributed by atoms with Gasteiger partial charge in [0.2, 0.25) is 11.8 Å². The minimum Gasteiger partial charge on any atom is -0.323 e. The van der Waals surface area contributed by atoms with Gasteiger partial charge in [-0.15, -0.1) is 11.3 Å². The van der Waals surface area contributed by atoms with E-state index in [0.29, 0.717) is 17.9 Å². The van der Waals surface area contributed by atoms with E-state index in [1.54, 1.807) is 29.7 Å². The lowest BCUT2D eigenvalue weighted by Gasteiger charge is -2.09. The van der Waals surface area contributed by atoms with Crippen molar-refractivity contribution >= 4 is 34.7 Å². The van der Waals surface area contributed by atoms with Crippen molar-refractivity contribution in [3.63, 3.8) is 0 Å². The molecule has 0 fully saturated rings. The Morgan fingerprint density at radius 1 is 1.25 bits per heavy atom. The first kappa shape index (κ1) is 14.2. The molecule has 2 amide bonds. The molecule has 2 rings (SSSR count). The van der Waals surface area contributed by atoms with Crippen LogP contribution in [0.5, 0.6) is 0 Å². The molecule has 0 saturated heterocycles. The molecule has 0 aliphatic carbocycles. The van der Waals surface area contributed by atoms with Gasteiger partial charge in [0.05, 0.1) is 12.1 Å². The Morgan fingerprint density at radius 2 is 2.05 bits per heavy atom. The number of rotatable bonds is 4. The normalized spacial score (nSPS) is 10.1. The molecular formula is C14H15N3O2S. The van der Waals surface area contributed by atoms with E-state index in [9.17, 15) is 9.59 Å². The maximum atomic E-state index is 12.0. The maximum Gasteiger partial charge on any atom is 0.230 e. The largest absolute Gasteiger partial charge is 0.323 e. The van der Waals surface area contributed by atoms with Gasteiger partial charge in [0.15, 0.2) is 5.82 Å². The van der Waals surface area contributed by atoms with Crippen LogP contribution in [0.2, 0.25) is 0 Å². The highest BCUT2D eigenvalue weighted by Gasteiger charge is 2.10. The molecule has 0 saturated carbocycles. The zero-order chi connectivity index (χ0) is 14.5. The Balaban J connectivity index is 2.05. The number of anilines is 2. The van der Waals surface area contributed by atoms with Gasteiger partial charge in [-0.05, 0) is 31.2 Å². The first-order valence-corrected chi connectivity index (χ1v) is 6.94. The molecule has 0 radical (unpaired) electrons. The van der Waals surface area contributed by atoms with E-state index in [2.05, 4.69) is 15.6 Å². The van der Waals surface area contributed by atoms with Crippen LogP contribution >= 0.6 is 11.3 Å². The Labute approximate surface area is 121 Å². The topological polar surface area (TPSA) is 71.1 Å². The van der Waals surface area contributed by atoms with Gasteiger partial charge in [0.1, 0.15) is 0 Å². The molecule has 0 aliphatic rings. The second kappa shape index (κ2) is 6.29. The van der Waals surface area contributed by atoms with Crippen LogP contribution in [0.15, 0.2) is 30.5 Å². The average Bonchev–Trinajstić information content (AvgIpc) is 2.76. The lowest BCUT2D eigenvalue weighted by molar-refractivity contribution is -0.116. The molecule has 2 aromatic rings. The van der Waals surface area contributed by atoms with Crippen molar-refractivity contribution in [2.75, 3.05) is 10.6 Å². The van der Waals surface area contributed by atoms with Gasteiger partial charge in [-0.3, -0.25) is 9.59 Å². The maximum absolute atomic E-state index is 12.0. The number of carbonyl (C=O) groups is 2. The molecule has 104 valence electrons. The molecular weight excluding hydrogens is 274 g/mol. The summed E-state index contributed by atoms with van der Waals surface area (Å²) in [6.07, 6.45) is 1.87. The van der Waals surface area contributed by atoms with Crippen molar-refractivity contribution in [3.8, 4) is 0 Å². The predicted octanol–water partition coefficient (Wildman–Crippen LogP) is 2.59. The van der Waals surface area contributed by atoms with Gasteiger partial charge in [0.25, 0.3) is 0 Å². The zero-order valence-corrected chi connectivity index (χ0v) is 12.1. The summed E-state index contributed by atoms with van der Waals surface area (Å²) in [5.41, 5.74) is 0.496. The number of hydrogen-bond donors (Lipinski definition) is 2. The molecule has 0 unspecified atom stereocenters. The van der Waals surface area contributed by atoms with Crippen LogP contribution in [0.25, 0.3) is 0 Å². The monoisotopic (exact) mass is 289 g/mol. The predicted molar refractivity (Wildman–Crippen MR) is 79.9 cm³/mol. The third-order valence-electron chi connectivity index (χ3n) is 2.51. The summed E-state index contributed by atoms with van der Waals surface area (Å²) >= 11 is 1.59. The highest BCUT2D eigenvalue weighted by Crippen LogP contribution is 2.19. The van der Waals surface area contributed by atoms with Crippen LogP contribution in [0, 0.1) is 6.92 Å². The lowest BCUT2D eigenvalue weighted by Crippen LogP contribution is -2.17. The summed E-state index contributed by atoms with van der Waals surface area (Å²) in [5.74, 6) is 0.000473. The number of nitrogens with one attached hydrogen (secondary N) is 2. The number of aryl methyl sites for hydroxylation is 1. The summed E-state index contributed by atoms with van der Waals surface area (Å²) in [6, 6.07) is 7.31. The molecule has 2 aromatic heterocycles. The number of pyridine rings is 1. The molecule has 20 heavy (non-hydrogen) atoms. The SMILES string of the molecule is CC(=O)Nc1cccnc1NC(=O)Cc1ccc(C)s1. The average molecular weight is 289 g/mol. The van der Waals surface area contributed by atoms with Crippen molar-refractivity contribution in [1.29, 1.82) is 0 Å². The Morgan fingerprint density at radius 3 is 2.70 bits per heavy atom. The van der Waals surface area contributed by atoms with Crippen LogP contribution in [-0.2, 0) is 16.0 Å². The number of hydrogen-bond acceptors (Lipinski definition) is 4. The second-order valence-electron chi connectivity index (χ2n) is 4.32. The van der Waals surface area contributed by atoms with E-state index < -0.39 is 0 Å². The highest BCUT2D eigenvalue weighted by atomic mass is 32.1. The molecule has 0 aromatic carbocycles. The number of aromatic nitrogens is 1. The van der Waals surface area contributed by atoms with E-state index in [-0.39, 0.29) is 11.8 Å². The molecule has 5 nitrogen and oxygen atoms in total. The minimum absolute atomic E-state index is 0.155. The summed E-state index contributed by atoms with van der Waals surface area (Å²) in [7, 11) is 0. The van der Waals surface area contributed by atoms with Gasteiger partial charge in [-0.1, -0.05) is 0 Å². The van der Waals surface area contributed by atoms with Crippen molar-refractivity contribution in [1.82, 2.24) is 4.98 Å². The van der Waals surface area contributed by atoms with Gasteiger partial charge in [-0.25, -0.2) is 4.98 Å². The summed E-state index contributed by atoms with van der Waals surface area (Å²) in [4.78, 5) is 29.3. The Hall–Kier alpha value is -2.21. The summed E-state index contributed by atoms with van der Waals surface area (Å²) < 4.78 is 0. The number of nitrogens with zero attached hydrogens (tertiary/aromatic N) is 1. The van der Waals surface area contributed by atoms with Crippen LogP contribution in [0.1, 0.15) is 16.7 Å². The van der Waals surface area contributed by atoms with Gasteiger partial charge < -0.3 is 10.6 Å². The van der Waals surface area contributed by atoms with Crippen LogP contribution < -0.4 is 10.6 Å². The van der Waals surface area contributed by atoms with Crippen LogP contribution in [0.4, 0.5) is 11.5 Å². The fraction of sp³-hybridized carbons (Fsp3) is 0.214. The van der Waals surface area contributed by atoms with E-state index in [1.807, 2.05) is 19.1 Å². The standard InChI is InChI=1S/C14H15N3O2S/c1-9-5-6-11(20-9)8-13(19)17-14-12(16-10(2)18)4-3-7-15-14/h3-7H,8H2,1-2H3,(H,16,18)(H,15,17,19). The summed E-state index contributed by atoms with van der Waals surface area (Å²) in [5, 5.41) is 5.35. The molecule has 0 atom stereocenters. The van der Waals surface area contributed by atoms with Gasteiger partial charge >= 0.3 is 0 Å². The van der Waals surface area contributed by atoms with Gasteiger partial charge in [-0.2, -0.15) is 0 Å². The Bertz CT molecular complexity index is 637. The van der Waals surface area contributed by atoms with Crippen LogP contribution in [0.3, 0.4) is 0 Å². The van der Waals surface area contributed by atoms with Crippen molar-refractivity contribution < 1.29 is 9.59 Å². The van der Waals surface area contributed by atoms with Crippen molar-refractivity contribution in [2.45, 2.75) is 20.3 Å². The molecule has 2 N–H and O–H groups in total. The third-order valence-corrected chi connectivity index (χ3v) is 3.51. The molecule has 0 spiro atoms. The molecule has 0 bridgehead atoms. The first-order valence-electron chi connectivity index (χ1n) is 6.12. The number of carbonyl (C=O) groups excluding carboxylic acids is 2. The van der Waals surface area contributed by atoms with Crippen molar-refractivity contribution in [3.05, 3.63) is 40.2 Å². The minimum atomic E-state index is -0.206. The fourth-order valence-electron chi connectivity index (χ4n) is 1.71. The Kier molecular flexibility index (Phi) is 4.47. The third kappa shape index (κ3) is 3.89. The van der Waals surface area contributed by atoms with E-state index in [0.717, 1.165) is 4.88 Å². The number of amides is 2. The lowest BCUT2D eigenvalue weighted by atomic mass is 10.3. The first-order chi connectivity index (χ1) is 9.54. The summed E-state index contributed by atoms with van der Waals surface area (Å²) in [6.45, 7) is 3.41. The highest BCUT2D eigenvalue weighted by molar-refractivity contribution is 7.12. The number of thiophene rings is 1. The molecule has 0 aliphatic heterocycles. The zero-order valence-electron chi connectivity index (χ0n) is 11.3. The second-order valence-corrected chi connectivity index (χ2v) is 5.69. The molecule has 6 heteroatoms. The van der Waals surface area contributed by atoms with Crippen LogP contribution in [-0.4, -0.2) is 16.8 Å². The smallest absolute Gasteiger partial charge is 0.230 e. The van der Waals surface area contributed by atoms with Crippen molar-refractivity contribution in [2.24, 2.45) is 0 Å². The molecule has 2 heterocycles.